The molecule has 0 aliphatic carbocycles. The van der Waals surface area contributed by atoms with Gasteiger partial charge >= 0.3 is 19.8 Å². The summed E-state index contributed by atoms with van der Waals surface area (Å²) in [6.45, 7) is 4.37. The van der Waals surface area contributed by atoms with E-state index in [2.05, 4.69) is 50.3 Å². The number of rotatable bonds is 39. The average Bonchev–Trinajstić information content (AvgIpc) is 3.12. The first-order valence-corrected chi connectivity index (χ1v) is 23.2. The molecule has 0 aromatic carbocycles. The number of hydrogen-bond acceptors (Lipinski definition) is 7. The van der Waals surface area contributed by atoms with Gasteiger partial charge < -0.3 is 18.9 Å². The van der Waals surface area contributed by atoms with Crippen LogP contribution < -0.4 is 0 Å². The summed E-state index contributed by atoms with van der Waals surface area (Å²) in [4.78, 5) is 35.3. The molecular formula is C44H83NO8P+. The first kappa shape index (κ1) is 52.2. The second-order valence-electron chi connectivity index (χ2n) is 15.7. The molecule has 1 N–H and O–H groups in total. The molecule has 1 unspecified atom stereocenters. The fraction of sp³-hybridized carbons (Fsp3) is 0.818. The Bertz CT molecular complexity index is 1020. The number of quaternary nitrogens is 1. The lowest BCUT2D eigenvalue weighted by Crippen LogP contribution is -2.37. The SMILES string of the molecule is CCCCC/C=C/C/C=C/C/C=C/CCCCCCC(=O)O[C@H](COC(=O)CCCCCCCCCCCCCCC)COP(=O)(O)OCC[N+](C)(C)C. The molecule has 54 heavy (non-hydrogen) atoms. The maximum atomic E-state index is 12.7. The van der Waals surface area contributed by atoms with E-state index >= 15 is 0 Å². The van der Waals surface area contributed by atoms with Gasteiger partial charge in [0, 0.05) is 12.8 Å². The van der Waals surface area contributed by atoms with Crippen LogP contribution in [0.3, 0.4) is 0 Å². The van der Waals surface area contributed by atoms with Gasteiger partial charge in [-0.15, -0.1) is 0 Å². The van der Waals surface area contributed by atoms with Crippen LogP contribution in [0, 0.1) is 0 Å². The number of allylic oxidation sites excluding steroid dienone is 6. The minimum Gasteiger partial charge on any atom is -0.462 e. The molecule has 0 bridgehead atoms. The second kappa shape index (κ2) is 36.8. The zero-order valence-corrected chi connectivity index (χ0v) is 36.3. The number of esters is 2. The Morgan fingerprint density at radius 2 is 1.00 bits per heavy atom. The van der Waals surface area contributed by atoms with Gasteiger partial charge in [0.2, 0.25) is 0 Å². The number of carbonyl (C=O) groups is 2. The largest absolute Gasteiger partial charge is 0.472 e. The molecule has 9 nitrogen and oxygen atoms in total. The molecule has 2 atom stereocenters. The van der Waals surface area contributed by atoms with Crippen molar-refractivity contribution in [2.75, 3.05) is 47.5 Å². The summed E-state index contributed by atoms with van der Waals surface area (Å²) in [5.74, 6) is -0.821. The number of carbonyl (C=O) groups excluding carboxylic acids is 2. The topological polar surface area (TPSA) is 108 Å². The van der Waals surface area contributed by atoms with Crippen LogP contribution in [0.15, 0.2) is 36.5 Å². The van der Waals surface area contributed by atoms with Crippen molar-refractivity contribution in [2.45, 2.75) is 187 Å². The molecule has 0 heterocycles. The van der Waals surface area contributed by atoms with Crippen LogP contribution in [0.2, 0.25) is 0 Å². The number of phosphoric ester groups is 1. The fourth-order valence-electron chi connectivity index (χ4n) is 5.73. The van der Waals surface area contributed by atoms with Crippen molar-refractivity contribution in [3.8, 4) is 0 Å². The minimum absolute atomic E-state index is 0.0276. The molecule has 0 aliphatic rings. The van der Waals surface area contributed by atoms with Crippen LogP contribution in [-0.2, 0) is 32.7 Å². The highest BCUT2D eigenvalue weighted by molar-refractivity contribution is 7.47. The van der Waals surface area contributed by atoms with E-state index in [4.69, 9.17) is 18.5 Å². The molecule has 0 aromatic rings. The van der Waals surface area contributed by atoms with Crippen LogP contribution in [0.1, 0.15) is 181 Å². The highest BCUT2D eigenvalue weighted by atomic mass is 31.2. The van der Waals surface area contributed by atoms with E-state index < -0.39 is 26.5 Å². The van der Waals surface area contributed by atoms with E-state index in [1.54, 1.807) is 0 Å². The number of phosphoric acid groups is 1. The Labute approximate surface area is 331 Å². The van der Waals surface area contributed by atoms with Gasteiger partial charge in [-0.05, 0) is 51.4 Å². The zero-order valence-electron chi connectivity index (χ0n) is 35.5. The average molecular weight is 785 g/mol. The standard InChI is InChI=1S/C44H82NO8P/c1-6-8-10-12-14-16-18-20-21-22-23-25-27-29-31-33-35-37-44(47)53-42(41-52-54(48,49)51-39-38-45(3,4)5)40-50-43(46)36-34-32-30-28-26-24-19-17-15-13-11-9-7-2/h14,16,20-21,23,25,42H,6-13,15,17-19,22,24,26-41H2,1-5H3/p+1/b16-14+,21-20+,25-23+/t42-/m1/s1. The fourth-order valence-corrected chi connectivity index (χ4v) is 6.47. The third-order valence-electron chi connectivity index (χ3n) is 9.17. The number of likely N-dealkylation sites (N-methyl/N-ethyl adjacent to an activating group) is 1. The van der Waals surface area contributed by atoms with Gasteiger partial charge in [0.15, 0.2) is 6.10 Å². The van der Waals surface area contributed by atoms with E-state index in [0.717, 1.165) is 57.8 Å². The Morgan fingerprint density at radius 1 is 0.574 bits per heavy atom. The zero-order chi connectivity index (χ0) is 40.0. The van der Waals surface area contributed by atoms with Crippen LogP contribution in [0.5, 0.6) is 0 Å². The van der Waals surface area contributed by atoms with E-state index in [1.807, 2.05) is 21.1 Å². The molecule has 0 saturated heterocycles. The smallest absolute Gasteiger partial charge is 0.462 e. The molecule has 0 saturated carbocycles. The lowest BCUT2D eigenvalue weighted by molar-refractivity contribution is -0.870. The molecule has 0 spiro atoms. The molecule has 10 heteroatoms. The highest BCUT2D eigenvalue weighted by Crippen LogP contribution is 2.43. The lowest BCUT2D eigenvalue weighted by atomic mass is 10.0. The molecule has 0 amide bonds. The number of unbranched alkanes of at least 4 members (excludes halogenated alkanes) is 19. The summed E-state index contributed by atoms with van der Waals surface area (Å²) in [7, 11) is 1.46. The molecular weight excluding hydrogens is 701 g/mol. The van der Waals surface area contributed by atoms with Gasteiger partial charge in [0.25, 0.3) is 0 Å². The molecule has 0 fully saturated rings. The molecule has 0 aromatic heterocycles. The molecule has 316 valence electrons. The van der Waals surface area contributed by atoms with Gasteiger partial charge in [-0.25, -0.2) is 4.57 Å². The highest BCUT2D eigenvalue weighted by Gasteiger charge is 2.27. The van der Waals surface area contributed by atoms with Gasteiger partial charge in [0.1, 0.15) is 19.8 Å². The van der Waals surface area contributed by atoms with Gasteiger partial charge in [-0.2, -0.15) is 0 Å². The first-order valence-electron chi connectivity index (χ1n) is 21.7. The Hall–Kier alpha value is -1.77. The van der Waals surface area contributed by atoms with Crippen molar-refractivity contribution in [3.63, 3.8) is 0 Å². The van der Waals surface area contributed by atoms with Crippen molar-refractivity contribution in [1.82, 2.24) is 0 Å². The van der Waals surface area contributed by atoms with Crippen molar-refractivity contribution in [3.05, 3.63) is 36.5 Å². The molecule has 0 aliphatic heterocycles. The van der Waals surface area contributed by atoms with E-state index in [0.29, 0.717) is 17.4 Å². The minimum atomic E-state index is -4.38. The first-order chi connectivity index (χ1) is 26.0. The summed E-state index contributed by atoms with van der Waals surface area (Å²) in [5, 5.41) is 0. The third kappa shape index (κ3) is 39.9. The van der Waals surface area contributed by atoms with E-state index in [1.165, 1.54) is 89.9 Å². The summed E-state index contributed by atoms with van der Waals surface area (Å²) in [6, 6.07) is 0. The van der Waals surface area contributed by atoms with Crippen LogP contribution in [-0.4, -0.2) is 74.9 Å². The van der Waals surface area contributed by atoms with Crippen molar-refractivity contribution in [2.24, 2.45) is 0 Å². The van der Waals surface area contributed by atoms with Crippen LogP contribution in [0.4, 0.5) is 0 Å². The van der Waals surface area contributed by atoms with Crippen LogP contribution >= 0.6 is 7.82 Å². The predicted octanol–water partition coefficient (Wildman–Crippen LogP) is 12.1. The van der Waals surface area contributed by atoms with Gasteiger partial charge in [-0.3, -0.25) is 18.6 Å². The molecule has 0 radical (unpaired) electrons. The summed E-state index contributed by atoms with van der Waals surface area (Å²) in [6.07, 6.45) is 40.4. The summed E-state index contributed by atoms with van der Waals surface area (Å²) in [5.41, 5.74) is 0. The second-order valence-corrected chi connectivity index (χ2v) is 17.2. The Balaban J connectivity index is 4.41. The van der Waals surface area contributed by atoms with E-state index in [9.17, 15) is 19.0 Å². The van der Waals surface area contributed by atoms with Crippen molar-refractivity contribution in [1.29, 1.82) is 0 Å². The lowest BCUT2D eigenvalue weighted by Gasteiger charge is -2.24. The Morgan fingerprint density at radius 3 is 1.52 bits per heavy atom. The van der Waals surface area contributed by atoms with Crippen LogP contribution in [0.25, 0.3) is 0 Å². The normalized spacial score (nSPS) is 14.0. The number of ether oxygens (including phenoxy) is 2. The molecule has 0 rings (SSSR count). The van der Waals surface area contributed by atoms with Crippen molar-refractivity contribution < 1.29 is 42.1 Å². The van der Waals surface area contributed by atoms with Gasteiger partial charge in [0.05, 0.1) is 27.7 Å². The van der Waals surface area contributed by atoms with Crippen molar-refractivity contribution >= 4 is 19.8 Å². The summed E-state index contributed by atoms with van der Waals surface area (Å²) >= 11 is 0. The maximum absolute atomic E-state index is 12.7. The quantitative estimate of drug-likeness (QED) is 0.0216. The Kier molecular flexibility index (Phi) is 35.6. The summed E-state index contributed by atoms with van der Waals surface area (Å²) < 4.78 is 34.3. The third-order valence-corrected chi connectivity index (χ3v) is 10.2. The number of nitrogens with zero attached hydrogens (tertiary/aromatic N) is 1. The predicted molar refractivity (Wildman–Crippen MR) is 224 cm³/mol. The number of hydrogen-bond donors (Lipinski definition) is 1. The maximum Gasteiger partial charge on any atom is 0.472 e. The van der Waals surface area contributed by atoms with Gasteiger partial charge in [-0.1, -0.05) is 153 Å². The monoisotopic (exact) mass is 785 g/mol. The van der Waals surface area contributed by atoms with E-state index in [-0.39, 0.29) is 32.0 Å².